The summed E-state index contributed by atoms with van der Waals surface area (Å²) < 4.78 is 24.6. The number of esters is 3. The molecule has 1 aliphatic heterocycles. The van der Waals surface area contributed by atoms with Crippen LogP contribution in [0.15, 0.2) is 102 Å². The number of amides is 1. The summed E-state index contributed by atoms with van der Waals surface area (Å²) in [5, 5.41) is 52.8. The molecule has 3 aromatic carbocycles. The number of aliphatic hydroxyl groups is 4. The summed E-state index contributed by atoms with van der Waals surface area (Å²) in [5.41, 5.74) is 1.14. The Morgan fingerprint density at radius 2 is 1.46 bits per heavy atom. The van der Waals surface area contributed by atoms with Crippen molar-refractivity contribution in [3.63, 3.8) is 0 Å². The van der Waals surface area contributed by atoms with Gasteiger partial charge in [0, 0.05) is 35.8 Å². The average molecular weight is 813 g/mol. The summed E-state index contributed by atoms with van der Waals surface area (Å²) in [6.45, 7) is 7.48. The number of aliphatic hydroxyl groups excluding tert-OH is 3. The first-order chi connectivity index (χ1) is 27.9. The number of nitrogens with one attached hydrogen (secondary N) is 1. The van der Waals surface area contributed by atoms with E-state index < -0.39 is 107 Å². The summed E-state index contributed by atoms with van der Waals surface area (Å²) in [7, 11) is 0. The molecule has 1 amide bonds. The van der Waals surface area contributed by atoms with Gasteiger partial charge in [-0.15, -0.1) is 0 Å². The molecule has 3 aliphatic carbocycles. The molecule has 1 saturated heterocycles. The number of benzene rings is 3. The van der Waals surface area contributed by atoms with Crippen LogP contribution in [0.5, 0.6) is 0 Å². The smallest absolute Gasteiger partial charge is 0.338 e. The monoisotopic (exact) mass is 812 g/mol. The van der Waals surface area contributed by atoms with E-state index in [1.54, 1.807) is 107 Å². The predicted octanol–water partition coefficient (Wildman–Crippen LogP) is 2.92. The van der Waals surface area contributed by atoms with Gasteiger partial charge in [-0.3, -0.25) is 9.59 Å². The maximum atomic E-state index is 14.2. The van der Waals surface area contributed by atoms with Crippen LogP contribution in [-0.2, 0) is 28.5 Å². The van der Waals surface area contributed by atoms with E-state index in [9.17, 15) is 39.6 Å². The Balaban J connectivity index is 1.34. The van der Waals surface area contributed by atoms with Gasteiger partial charge in [0.05, 0.1) is 30.2 Å². The van der Waals surface area contributed by atoms with Crippen LogP contribution in [0.1, 0.15) is 79.8 Å². The maximum Gasteiger partial charge on any atom is 0.338 e. The highest BCUT2D eigenvalue weighted by Crippen LogP contribution is 2.64. The molecular formula is C45H52N2O12. The molecule has 1 heterocycles. The summed E-state index contributed by atoms with van der Waals surface area (Å²) >= 11 is 0. The van der Waals surface area contributed by atoms with Gasteiger partial charge in [-0.1, -0.05) is 87.5 Å². The third kappa shape index (κ3) is 6.85. The van der Waals surface area contributed by atoms with Crippen molar-refractivity contribution in [3.8, 4) is 0 Å². The first-order valence-corrected chi connectivity index (χ1v) is 19.8. The van der Waals surface area contributed by atoms with Gasteiger partial charge in [-0.2, -0.15) is 0 Å². The van der Waals surface area contributed by atoms with Gasteiger partial charge in [0.2, 0.25) is 0 Å². The predicted molar refractivity (Wildman–Crippen MR) is 211 cm³/mol. The SMILES string of the molecule is CC(=O)O[C@@]12CO[C@@H]1C[C@H](N)[C@]1(C)[C@@H]2[C@H](OC(=O)c2ccccc2)[C@]2(O)C[C@H](OC(=O)[C@H](O)[C@@H](NC(=O)c3ccccc3)c3ccccc3)C(C)=C([C@@H](O)[C@@H]1O)C2(C)C. The number of fused-ring (bicyclic) bond motifs is 5. The van der Waals surface area contributed by atoms with E-state index >= 15 is 0 Å². The molecule has 7 N–H and O–H groups in total. The molecule has 14 nitrogen and oxygen atoms in total. The molecule has 3 aromatic rings. The van der Waals surface area contributed by atoms with Crippen molar-refractivity contribution in [1.29, 1.82) is 0 Å². The zero-order valence-corrected chi connectivity index (χ0v) is 33.6. The molecule has 7 rings (SSSR count). The van der Waals surface area contributed by atoms with Gasteiger partial charge < -0.3 is 50.4 Å². The molecule has 12 atom stereocenters. The van der Waals surface area contributed by atoms with Crippen LogP contribution in [-0.4, -0.2) is 105 Å². The van der Waals surface area contributed by atoms with Crippen LogP contribution in [0.4, 0.5) is 0 Å². The largest absolute Gasteiger partial charge is 0.456 e. The van der Waals surface area contributed by atoms with E-state index in [0.29, 0.717) is 5.56 Å². The van der Waals surface area contributed by atoms with Crippen LogP contribution < -0.4 is 11.1 Å². The van der Waals surface area contributed by atoms with Crippen LogP contribution in [0.2, 0.25) is 0 Å². The lowest BCUT2D eigenvalue weighted by atomic mass is 9.44. The third-order valence-corrected chi connectivity index (χ3v) is 13.6. The molecular weight excluding hydrogens is 760 g/mol. The van der Waals surface area contributed by atoms with Gasteiger partial charge in [-0.25, -0.2) is 9.59 Å². The van der Waals surface area contributed by atoms with E-state index in [-0.39, 0.29) is 35.3 Å². The summed E-state index contributed by atoms with van der Waals surface area (Å²) in [6.07, 6.45) is -9.61. The molecule has 59 heavy (non-hydrogen) atoms. The second kappa shape index (κ2) is 15.6. The van der Waals surface area contributed by atoms with Crippen molar-refractivity contribution in [2.24, 2.45) is 22.5 Å². The van der Waals surface area contributed by atoms with E-state index in [2.05, 4.69) is 5.32 Å². The van der Waals surface area contributed by atoms with Crippen molar-refractivity contribution >= 4 is 23.8 Å². The lowest BCUT2D eigenvalue weighted by molar-refractivity contribution is -0.351. The third-order valence-electron chi connectivity index (χ3n) is 13.6. The molecule has 2 saturated carbocycles. The Kier molecular flexibility index (Phi) is 11.1. The van der Waals surface area contributed by atoms with Crippen LogP contribution in [0.3, 0.4) is 0 Å². The Hall–Kier alpha value is -4.96. The van der Waals surface area contributed by atoms with Crippen LogP contribution >= 0.6 is 0 Å². The summed E-state index contributed by atoms with van der Waals surface area (Å²) in [6, 6.07) is 22.5. The lowest BCUT2D eigenvalue weighted by Gasteiger charge is -2.69. The van der Waals surface area contributed by atoms with Gasteiger partial charge >= 0.3 is 17.9 Å². The number of carbonyl (C=O) groups excluding carboxylic acids is 4. The fourth-order valence-electron chi connectivity index (χ4n) is 10.2. The molecule has 2 bridgehead atoms. The first kappa shape index (κ1) is 42.2. The van der Waals surface area contributed by atoms with E-state index in [0.717, 1.165) is 0 Å². The van der Waals surface area contributed by atoms with Crippen LogP contribution in [0.25, 0.3) is 0 Å². The minimum Gasteiger partial charge on any atom is -0.456 e. The Morgan fingerprint density at radius 3 is 2.02 bits per heavy atom. The highest BCUT2D eigenvalue weighted by molar-refractivity contribution is 5.95. The van der Waals surface area contributed by atoms with Crippen LogP contribution in [0, 0.1) is 16.7 Å². The second-order valence-corrected chi connectivity index (χ2v) is 17.1. The van der Waals surface area contributed by atoms with Crippen molar-refractivity contribution in [2.75, 3.05) is 6.61 Å². The minimum atomic E-state index is -2.25. The van der Waals surface area contributed by atoms with E-state index in [4.69, 9.17) is 24.7 Å². The molecule has 0 aromatic heterocycles. The zero-order valence-electron chi connectivity index (χ0n) is 33.6. The molecule has 4 aliphatic rings. The Labute approximate surface area is 342 Å². The molecule has 314 valence electrons. The first-order valence-electron chi connectivity index (χ1n) is 19.8. The van der Waals surface area contributed by atoms with Crippen molar-refractivity contribution in [1.82, 2.24) is 5.32 Å². The maximum absolute atomic E-state index is 14.2. The summed E-state index contributed by atoms with van der Waals surface area (Å²) in [5.74, 6) is -4.56. The fraction of sp³-hybridized carbons (Fsp3) is 0.467. The van der Waals surface area contributed by atoms with Gasteiger partial charge in [0.1, 0.15) is 30.0 Å². The normalized spacial score (nSPS) is 34.2. The molecule has 0 radical (unpaired) electrons. The van der Waals surface area contributed by atoms with Gasteiger partial charge in [-0.05, 0) is 54.3 Å². The fourth-order valence-corrected chi connectivity index (χ4v) is 10.2. The second-order valence-electron chi connectivity index (χ2n) is 17.1. The zero-order chi connectivity index (χ0) is 42.7. The topological polar surface area (TPSA) is 224 Å². The molecule has 0 unspecified atom stereocenters. The number of ether oxygens (including phenoxy) is 4. The number of hydrogen-bond acceptors (Lipinski definition) is 13. The highest BCUT2D eigenvalue weighted by Gasteiger charge is 2.77. The lowest BCUT2D eigenvalue weighted by Crippen LogP contribution is -2.83. The van der Waals surface area contributed by atoms with Crippen molar-refractivity contribution < 1.29 is 58.6 Å². The quantitative estimate of drug-likeness (QED) is 0.104. The molecule has 3 fully saturated rings. The average Bonchev–Trinajstić information content (AvgIpc) is 3.21. The minimum absolute atomic E-state index is 0.101. The highest BCUT2D eigenvalue weighted by atomic mass is 16.6. The number of rotatable bonds is 9. The number of nitrogens with two attached hydrogens (primary N) is 1. The van der Waals surface area contributed by atoms with Gasteiger partial charge in [0.25, 0.3) is 5.91 Å². The number of hydrogen-bond donors (Lipinski definition) is 6. The van der Waals surface area contributed by atoms with Gasteiger partial charge in [0.15, 0.2) is 11.7 Å². The molecule has 0 spiro atoms. The standard InChI is InChI=1S/C45H52N2O12/c1-24-29(57-41(54)35(50)33(26-15-9-6-10-16-26)47-39(52)27-17-11-7-12-18-27)22-45(55)38(58-40(53)28-19-13-8-14-20-28)36-43(5,37(51)34(49)32(24)42(45,3)4)30(46)21-31-44(36,23-56-31)59-25(2)48/h6-20,29-31,33-38,49-51,55H,21-23,46H2,1-5H3,(H,47,52)/t29-,30-,31+,33-,34+,35+,36-,37-,38-,43+,44-,45+/m0/s1. The van der Waals surface area contributed by atoms with Crippen molar-refractivity contribution in [3.05, 3.63) is 119 Å². The Bertz CT molecular complexity index is 2110. The van der Waals surface area contributed by atoms with E-state index in [1.165, 1.54) is 19.1 Å². The Morgan fingerprint density at radius 1 is 0.881 bits per heavy atom. The van der Waals surface area contributed by atoms with Crippen molar-refractivity contribution in [2.45, 2.75) is 107 Å². The van der Waals surface area contributed by atoms with E-state index in [1.807, 2.05) is 0 Å². The summed E-state index contributed by atoms with van der Waals surface area (Å²) in [4.78, 5) is 54.7. The number of carbonyl (C=O) groups is 4. The molecule has 14 heteroatoms.